The Bertz CT molecular complexity index is 445. The first-order valence-electron chi connectivity index (χ1n) is 4.97. The number of benzene rings is 1. The van der Waals surface area contributed by atoms with E-state index < -0.39 is 18.0 Å². The average molecular weight is 238 g/mol. The zero-order valence-corrected chi connectivity index (χ0v) is 9.56. The van der Waals surface area contributed by atoms with E-state index in [9.17, 15) is 14.7 Å². The van der Waals surface area contributed by atoms with Gasteiger partial charge in [-0.1, -0.05) is 6.07 Å². The lowest BCUT2D eigenvalue weighted by Crippen LogP contribution is -2.42. The van der Waals surface area contributed by atoms with Gasteiger partial charge in [-0.2, -0.15) is 0 Å². The predicted molar refractivity (Wildman–Crippen MR) is 60.7 cm³/mol. The lowest BCUT2D eigenvalue weighted by molar-refractivity contribution is -0.126. The Kier molecular flexibility index (Phi) is 3.92. The third kappa shape index (κ3) is 3.37. The Labute approximate surface area is 98.4 Å². The first-order valence-corrected chi connectivity index (χ1v) is 4.97. The number of amides is 3. The summed E-state index contributed by atoms with van der Waals surface area (Å²) in [5.74, 6) is -0.192. The molecule has 0 bridgehead atoms. The van der Waals surface area contributed by atoms with Crippen LogP contribution in [0.1, 0.15) is 12.5 Å². The number of nitrogens with one attached hydrogen (secondary N) is 1. The van der Waals surface area contributed by atoms with E-state index in [-0.39, 0.29) is 5.75 Å². The van der Waals surface area contributed by atoms with Gasteiger partial charge >= 0.3 is 6.03 Å². The van der Waals surface area contributed by atoms with Crippen molar-refractivity contribution in [1.29, 1.82) is 0 Å². The molecule has 0 aliphatic rings. The van der Waals surface area contributed by atoms with E-state index in [2.05, 4.69) is 0 Å². The van der Waals surface area contributed by atoms with Crippen LogP contribution in [0.4, 0.5) is 4.79 Å². The van der Waals surface area contributed by atoms with Crippen LogP contribution in [0.15, 0.2) is 18.2 Å². The van der Waals surface area contributed by atoms with E-state index in [1.54, 1.807) is 19.1 Å². The maximum atomic E-state index is 11.4. The molecule has 0 aromatic heterocycles. The molecule has 1 aromatic carbocycles. The fourth-order valence-corrected chi connectivity index (χ4v) is 1.20. The summed E-state index contributed by atoms with van der Waals surface area (Å²) in [7, 11) is 0. The zero-order valence-electron chi connectivity index (χ0n) is 9.56. The number of imide groups is 1. The summed E-state index contributed by atoms with van der Waals surface area (Å²) in [6.45, 7) is 3.13. The van der Waals surface area contributed by atoms with E-state index >= 15 is 0 Å². The molecule has 3 amide bonds. The number of ether oxygens (including phenoxy) is 1. The van der Waals surface area contributed by atoms with Crippen LogP contribution >= 0.6 is 0 Å². The van der Waals surface area contributed by atoms with Gasteiger partial charge in [0.1, 0.15) is 11.5 Å². The highest BCUT2D eigenvalue weighted by atomic mass is 16.5. The van der Waals surface area contributed by atoms with Crippen molar-refractivity contribution in [3.8, 4) is 11.5 Å². The Morgan fingerprint density at radius 1 is 1.47 bits per heavy atom. The molecule has 6 heteroatoms. The molecular weight excluding hydrogens is 224 g/mol. The van der Waals surface area contributed by atoms with Gasteiger partial charge < -0.3 is 15.6 Å². The van der Waals surface area contributed by atoms with Crippen LogP contribution < -0.4 is 15.8 Å². The van der Waals surface area contributed by atoms with Gasteiger partial charge in [0.25, 0.3) is 5.91 Å². The fourth-order valence-electron chi connectivity index (χ4n) is 1.20. The van der Waals surface area contributed by atoms with E-state index in [1.807, 2.05) is 5.32 Å². The van der Waals surface area contributed by atoms with Gasteiger partial charge in [-0.05, 0) is 26.0 Å². The van der Waals surface area contributed by atoms with Gasteiger partial charge in [-0.15, -0.1) is 0 Å². The van der Waals surface area contributed by atoms with E-state index in [0.717, 1.165) is 0 Å². The molecule has 0 saturated heterocycles. The molecule has 0 saturated carbocycles. The van der Waals surface area contributed by atoms with Crippen molar-refractivity contribution in [3.63, 3.8) is 0 Å². The maximum absolute atomic E-state index is 11.4. The van der Waals surface area contributed by atoms with Crippen LogP contribution in [0.5, 0.6) is 11.5 Å². The van der Waals surface area contributed by atoms with Gasteiger partial charge in [0.15, 0.2) is 6.10 Å². The van der Waals surface area contributed by atoms with Gasteiger partial charge in [-0.25, -0.2) is 4.79 Å². The lowest BCUT2D eigenvalue weighted by atomic mass is 10.2. The molecule has 1 rings (SSSR count). The van der Waals surface area contributed by atoms with Crippen molar-refractivity contribution in [1.82, 2.24) is 5.32 Å². The molecule has 6 nitrogen and oxygen atoms in total. The maximum Gasteiger partial charge on any atom is 0.318 e. The number of rotatable bonds is 3. The first-order chi connectivity index (χ1) is 7.91. The second-order valence-corrected chi connectivity index (χ2v) is 3.51. The third-order valence-electron chi connectivity index (χ3n) is 2.17. The molecule has 17 heavy (non-hydrogen) atoms. The number of primary amides is 1. The van der Waals surface area contributed by atoms with Crippen molar-refractivity contribution in [3.05, 3.63) is 23.8 Å². The highest BCUT2D eigenvalue weighted by Gasteiger charge is 2.17. The number of hydrogen-bond acceptors (Lipinski definition) is 4. The van der Waals surface area contributed by atoms with Gasteiger partial charge in [0.05, 0.1) is 0 Å². The Morgan fingerprint density at radius 3 is 2.71 bits per heavy atom. The van der Waals surface area contributed by atoms with E-state index in [0.29, 0.717) is 11.3 Å². The third-order valence-corrected chi connectivity index (χ3v) is 2.17. The minimum Gasteiger partial charge on any atom is -0.508 e. The quantitative estimate of drug-likeness (QED) is 0.720. The Hall–Kier alpha value is -2.24. The standard InChI is InChI=1S/C11H14N2O4/c1-6-8(14)4-3-5-9(6)17-7(2)10(15)13-11(12)16/h3-5,7,14H,1-2H3,(H3,12,13,15,16). The number of nitrogens with two attached hydrogens (primary N) is 1. The second-order valence-electron chi connectivity index (χ2n) is 3.51. The molecular formula is C11H14N2O4. The molecule has 1 atom stereocenters. The highest BCUT2D eigenvalue weighted by molar-refractivity contribution is 5.95. The van der Waals surface area contributed by atoms with Crippen LogP contribution in [0.2, 0.25) is 0 Å². The van der Waals surface area contributed by atoms with Crippen LogP contribution in [0, 0.1) is 6.92 Å². The minimum absolute atomic E-state index is 0.0741. The van der Waals surface area contributed by atoms with Crippen LogP contribution in [-0.4, -0.2) is 23.1 Å². The molecule has 0 aliphatic carbocycles. The fraction of sp³-hybridized carbons (Fsp3) is 0.273. The largest absolute Gasteiger partial charge is 0.508 e. The molecule has 0 fully saturated rings. The molecule has 0 heterocycles. The molecule has 4 N–H and O–H groups in total. The summed E-state index contributed by atoms with van der Waals surface area (Å²) >= 11 is 0. The van der Waals surface area contributed by atoms with Crippen molar-refractivity contribution in [2.45, 2.75) is 20.0 Å². The molecule has 1 unspecified atom stereocenters. The van der Waals surface area contributed by atoms with Gasteiger partial charge in [0.2, 0.25) is 0 Å². The molecule has 0 spiro atoms. The number of urea groups is 1. The van der Waals surface area contributed by atoms with Crippen LogP contribution in [0.25, 0.3) is 0 Å². The van der Waals surface area contributed by atoms with Crippen molar-refractivity contribution >= 4 is 11.9 Å². The molecule has 1 aromatic rings. The molecule has 0 aliphatic heterocycles. The summed E-state index contributed by atoms with van der Waals surface area (Å²) in [6.07, 6.45) is -0.886. The Balaban J connectivity index is 2.74. The smallest absolute Gasteiger partial charge is 0.318 e. The summed E-state index contributed by atoms with van der Waals surface area (Å²) in [5, 5.41) is 11.4. The first kappa shape index (κ1) is 12.8. The molecule has 0 radical (unpaired) electrons. The number of phenolic OH excluding ortho intramolecular Hbond substituents is 1. The molecule has 92 valence electrons. The monoisotopic (exact) mass is 238 g/mol. The summed E-state index contributed by atoms with van der Waals surface area (Å²) in [4.78, 5) is 21.8. The van der Waals surface area contributed by atoms with Crippen molar-refractivity contribution in [2.75, 3.05) is 0 Å². The van der Waals surface area contributed by atoms with E-state index in [1.165, 1.54) is 13.0 Å². The SMILES string of the molecule is Cc1c(O)cccc1OC(C)C(=O)NC(N)=O. The second kappa shape index (κ2) is 5.20. The van der Waals surface area contributed by atoms with E-state index in [4.69, 9.17) is 10.5 Å². The highest BCUT2D eigenvalue weighted by Crippen LogP contribution is 2.26. The minimum atomic E-state index is -0.932. The summed E-state index contributed by atoms with van der Waals surface area (Å²) in [5.41, 5.74) is 5.33. The summed E-state index contributed by atoms with van der Waals surface area (Å²) < 4.78 is 5.31. The topological polar surface area (TPSA) is 102 Å². The van der Waals surface area contributed by atoms with Crippen molar-refractivity contribution in [2.24, 2.45) is 5.73 Å². The van der Waals surface area contributed by atoms with Crippen molar-refractivity contribution < 1.29 is 19.4 Å². The number of carbonyl (C=O) groups is 2. The van der Waals surface area contributed by atoms with Gasteiger partial charge in [-0.3, -0.25) is 10.1 Å². The Morgan fingerprint density at radius 2 is 2.12 bits per heavy atom. The van der Waals surface area contributed by atoms with Gasteiger partial charge in [0, 0.05) is 5.56 Å². The van der Waals surface area contributed by atoms with Crippen LogP contribution in [-0.2, 0) is 4.79 Å². The predicted octanol–water partition coefficient (Wildman–Crippen LogP) is 0.663. The number of carbonyl (C=O) groups excluding carboxylic acids is 2. The number of aromatic hydroxyl groups is 1. The number of phenols is 1. The van der Waals surface area contributed by atoms with Crippen LogP contribution in [0.3, 0.4) is 0 Å². The average Bonchev–Trinajstić information content (AvgIpc) is 2.23. The number of hydrogen-bond donors (Lipinski definition) is 3. The zero-order chi connectivity index (χ0) is 13.0. The summed E-state index contributed by atoms with van der Waals surface area (Å²) in [6, 6.07) is 3.79. The normalized spacial score (nSPS) is 11.6. The lowest BCUT2D eigenvalue weighted by Gasteiger charge is -2.15.